The first kappa shape index (κ1) is 12.5. The number of unbranched alkanes of at least 4 members (excludes halogenated alkanes) is 2. The lowest BCUT2D eigenvalue weighted by molar-refractivity contribution is -0.271. The van der Waals surface area contributed by atoms with Crippen LogP contribution in [0.4, 0.5) is 0 Å². The molecule has 0 amide bonds. The third-order valence-corrected chi connectivity index (χ3v) is 3.05. The number of alkyl halides is 1. The fourth-order valence-electron chi connectivity index (χ4n) is 1.82. The number of ether oxygens (including phenoxy) is 2. The minimum atomic E-state index is -0.267. The predicted molar refractivity (Wildman–Crippen MR) is 61.8 cm³/mol. The molecule has 0 bridgehead atoms. The molecule has 1 aliphatic rings. The van der Waals surface area contributed by atoms with E-state index in [1.807, 2.05) is 0 Å². The van der Waals surface area contributed by atoms with Crippen LogP contribution in [0.15, 0.2) is 0 Å². The van der Waals surface area contributed by atoms with Gasteiger partial charge in [0.1, 0.15) is 0 Å². The van der Waals surface area contributed by atoms with Crippen LogP contribution in [-0.2, 0) is 9.47 Å². The number of rotatable bonds is 6. The van der Waals surface area contributed by atoms with Gasteiger partial charge in [-0.15, -0.1) is 0 Å². The molecule has 0 spiro atoms. The molecule has 0 aromatic heterocycles. The molecule has 0 atom stereocenters. The standard InChI is InChI=1S/C11H21BrO2/c1-2-3-4-6-11(7-8-12)13-9-5-10-14-11/h2-10H2,1H3. The predicted octanol–water partition coefficient (Wildman–Crippen LogP) is 3.48. The first-order valence-corrected chi connectivity index (χ1v) is 6.79. The maximum Gasteiger partial charge on any atom is 0.169 e. The Balaban J connectivity index is 2.34. The van der Waals surface area contributed by atoms with Crippen molar-refractivity contribution in [3.05, 3.63) is 0 Å². The Hall–Kier alpha value is 0.400. The lowest BCUT2D eigenvalue weighted by Crippen LogP contribution is -2.41. The Morgan fingerprint density at radius 2 is 1.86 bits per heavy atom. The summed E-state index contributed by atoms with van der Waals surface area (Å²) in [6.07, 6.45) is 6.80. The summed E-state index contributed by atoms with van der Waals surface area (Å²) in [5.74, 6) is -0.267. The molecule has 3 heteroatoms. The summed E-state index contributed by atoms with van der Waals surface area (Å²) in [7, 11) is 0. The summed E-state index contributed by atoms with van der Waals surface area (Å²) in [6, 6.07) is 0. The average Bonchev–Trinajstić information content (AvgIpc) is 2.20. The van der Waals surface area contributed by atoms with E-state index in [0.29, 0.717) is 0 Å². The molecule has 1 saturated heterocycles. The van der Waals surface area contributed by atoms with Crippen LogP contribution in [0.2, 0.25) is 0 Å². The van der Waals surface area contributed by atoms with Crippen LogP contribution in [0.1, 0.15) is 45.4 Å². The maximum atomic E-state index is 5.80. The van der Waals surface area contributed by atoms with Gasteiger partial charge in [-0.1, -0.05) is 35.7 Å². The minimum Gasteiger partial charge on any atom is -0.350 e. The zero-order valence-electron chi connectivity index (χ0n) is 9.06. The van der Waals surface area contributed by atoms with Gasteiger partial charge in [0.05, 0.1) is 13.2 Å². The monoisotopic (exact) mass is 264 g/mol. The third-order valence-electron chi connectivity index (χ3n) is 2.66. The smallest absolute Gasteiger partial charge is 0.169 e. The average molecular weight is 265 g/mol. The summed E-state index contributed by atoms with van der Waals surface area (Å²) in [5, 5.41) is 0.957. The lowest BCUT2D eigenvalue weighted by Gasteiger charge is -2.37. The van der Waals surface area contributed by atoms with Gasteiger partial charge in [0.15, 0.2) is 5.79 Å². The highest BCUT2D eigenvalue weighted by Gasteiger charge is 2.32. The van der Waals surface area contributed by atoms with E-state index in [-0.39, 0.29) is 5.79 Å². The largest absolute Gasteiger partial charge is 0.350 e. The maximum absolute atomic E-state index is 5.80. The molecule has 1 rings (SSSR count). The van der Waals surface area contributed by atoms with Crippen LogP contribution in [0.3, 0.4) is 0 Å². The molecule has 0 radical (unpaired) electrons. The van der Waals surface area contributed by atoms with Crippen molar-refractivity contribution in [1.82, 2.24) is 0 Å². The van der Waals surface area contributed by atoms with Crippen molar-refractivity contribution in [2.75, 3.05) is 18.5 Å². The van der Waals surface area contributed by atoms with E-state index in [0.717, 1.165) is 37.8 Å². The topological polar surface area (TPSA) is 18.5 Å². The van der Waals surface area contributed by atoms with Gasteiger partial charge in [-0.2, -0.15) is 0 Å². The number of hydrogen-bond acceptors (Lipinski definition) is 2. The summed E-state index contributed by atoms with van der Waals surface area (Å²) in [4.78, 5) is 0. The number of hydrogen-bond donors (Lipinski definition) is 0. The fourth-order valence-corrected chi connectivity index (χ4v) is 2.42. The highest BCUT2D eigenvalue weighted by atomic mass is 79.9. The molecule has 1 aliphatic heterocycles. The SMILES string of the molecule is CCCCCC1(CCBr)OCCCO1. The second-order valence-corrected chi connectivity index (χ2v) is 4.65. The zero-order valence-corrected chi connectivity index (χ0v) is 10.6. The van der Waals surface area contributed by atoms with Crippen molar-refractivity contribution < 1.29 is 9.47 Å². The van der Waals surface area contributed by atoms with Gasteiger partial charge >= 0.3 is 0 Å². The van der Waals surface area contributed by atoms with E-state index < -0.39 is 0 Å². The van der Waals surface area contributed by atoms with Crippen LogP contribution >= 0.6 is 15.9 Å². The number of halogens is 1. The van der Waals surface area contributed by atoms with Crippen LogP contribution in [0.25, 0.3) is 0 Å². The van der Waals surface area contributed by atoms with Gasteiger partial charge in [-0.25, -0.2) is 0 Å². The van der Waals surface area contributed by atoms with E-state index in [2.05, 4.69) is 22.9 Å². The first-order chi connectivity index (χ1) is 6.83. The van der Waals surface area contributed by atoms with Crippen molar-refractivity contribution in [3.8, 4) is 0 Å². The van der Waals surface area contributed by atoms with Crippen molar-refractivity contribution in [2.45, 2.75) is 51.2 Å². The van der Waals surface area contributed by atoms with E-state index in [4.69, 9.17) is 9.47 Å². The Kier molecular flexibility index (Phi) is 6.06. The van der Waals surface area contributed by atoms with Gasteiger partial charge in [-0.05, 0) is 12.8 Å². The molecule has 0 N–H and O–H groups in total. The summed E-state index contributed by atoms with van der Waals surface area (Å²) in [5.41, 5.74) is 0. The highest BCUT2D eigenvalue weighted by Crippen LogP contribution is 2.29. The normalized spacial score (nSPS) is 21.0. The molecule has 0 aromatic rings. The Bertz CT molecular complexity index is 139. The van der Waals surface area contributed by atoms with Gasteiger partial charge in [0.2, 0.25) is 0 Å². The zero-order chi connectivity index (χ0) is 10.3. The highest BCUT2D eigenvalue weighted by molar-refractivity contribution is 9.09. The Morgan fingerprint density at radius 3 is 2.43 bits per heavy atom. The Labute approximate surface area is 95.5 Å². The van der Waals surface area contributed by atoms with E-state index in [1.54, 1.807) is 0 Å². The van der Waals surface area contributed by atoms with Crippen molar-refractivity contribution >= 4 is 15.9 Å². The third kappa shape index (κ3) is 3.87. The Morgan fingerprint density at radius 1 is 1.14 bits per heavy atom. The fraction of sp³-hybridized carbons (Fsp3) is 1.00. The van der Waals surface area contributed by atoms with Crippen LogP contribution < -0.4 is 0 Å². The molecule has 84 valence electrons. The molecule has 2 nitrogen and oxygen atoms in total. The molecule has 0 aliphatic carbocycles. The molecule has 14 heavy (non-hydrogen) atoms. The first-order valence-electron chi connectivity index (χ1n) is 5.67. The van der Waals surface area contributed by atoms with Gasteiger partial charge in [-0.3, -0.25) is 0 Å². The van der Waals surface area contributed by atoms with Gasteiger partial charge in [0, 0.05) is 18.2 Å². The van der Waals surface area contributed by atoms with Crippen LogP contribution in [0, 0.1) is 0 Å². The molecular weight excluding hydrogens is 244 g/mol. The summed E-state index contributed by atoms with van der Waals surface area (Å²) >= 11 is 3.47. The van der Waals surface area contributed by atoms with E-state index in [9.17, 15) is 0 Å². The molecule has 0 aromatic carbocycles. The van der Waals surface area contributed by atoms with Gasteiger partial charge < -0.3 is 9.47 Å². The molecule has 1 fully saturated rings. The molecule has 1 heterocycles. The summed E-state index contributed by atoms with van der Waals surface area (Å²) in [6.45, 7) is 3.94. The quantitative estimate of drug-likeness (QED) is 0.540. The molecule has 0 saturated carbocycles. The lowest BCUT2D eigenvalue weighted by atomic mass is 10.0. The molecular formula is C11H21BrO2. The van der Waals surface area contributed by atoms with Crippen LogP contribution in [-0.4, -0.2) is 24.3 Å². The van der Waals surface area contributed by atoms with E-state index in [1.165, 1.54) is 19.3 Å². The second-order valence-electron chi connectivity index (χ2n) is 3.86. The second kappa shape index (κ2) is 6.81. The minimum absolute atomic E-state index is 0.267. The molecule has 0 unspecified atom stereocenters. The van der Waals surface area contributed by atoms with Crippen molar-refractivity contribution in [1.29, 1.82) is 0 Å². The van der Waals surface area contributed by atoms with E-state index >= 15 is 0 Å². The summed E-state index contributed by atoms with van der Waals surface area (Å²) < 4.78 is 11.6. The van der Waals surface area contributed by atoms with Crippen molar-refractivity contribution in [2.24, 2.45) is 0 Å². The van der Waals surface area contributed by atoms with Gasteiger partial charge in [0.25, 0.3) is 0 Å². The van der Waals surface area contributed by atoms with Crippen molar-refractivity contribution in [3.63, 3.8) is 0 Å². The van der Waals surface area contributed by atoms with Crippen LogP contribution in [0.5, 0.6) is 0 Å².